The van der Waals surface area contributed by atoms with E-state index in [9.17, 15) is 22.8 Å². The summed E-state index contributed by atoms with van der Waals surface area (Å²) >= 11 is 0. The molecule has 1 atom stereocenters. The highest BCUT2D eigenvalue weighted by Gasteiger charge is 2.29. The van der Waals surface area contributed by atoms with Crippen LogP contribution in [0.15, 0.2) is 30.6 Å². The van der Waals surface area contributed by atoms with Gasteiger partial charge in [-0.1, -0.05) is 6.92 Å². The number of pyridine rings is 2. The number of aryl methyl sites for hydroxylation is 1. The monoisotopic (exact) mass is 410 g/mol. The van der Waals surface area contributed by atoms with Crippen molar-refractivity contribution in [1.82, 2.24) is 15.3 Å². The van der Waals surface area contributed by atoms with Gasteiger partial charge < -0.3 is 15.4 Å². The number of alkyl halides is 3. The number of carbonyl (C=O) groups excluding carboxylic acids is 2. The van der Waals surface area contributed by atoms with Gasteiger partial charge in [0.1, 0.15) is 5.82 Å². The van der Waals surface area contributed by atoms with Gasteiger partial charge in [0.15, 0.2) is 6.61 Å². The van der Waals surface area contributed by atoms with E-state index in [2.05, 4.69) is 25.3 Å². The maximum atomic E-state index is 12.5. The SMILES string of the molecule is CCC(=O)Nc1cc(C(=O)NC(C)c2cnc(OCC(F)(F)F)c(C)c2)ccn1. The van der Waals surface area contributed by atoms with Gasteiger partial charge in [-0.2, -0.15) is 13.2 Å². The Morgan fingerprint density at radius 3 is 2.59 bits per heavy atom. The summed E-state index contributed by atoms with van der Waals surface area (Å²) in [6.07, 6.45) is -1.41. The molecule has 0 saturated carbocycles. The third-order valence-electron chi connectivity index (χ3n) is 3.88. The number of ether oxygens (including phenoxy) is 1. The van der Waals surface area contributed by atoms with Crippen molar-refractivity contribution in [3.8, 4) is 5.88 Å². The summed E-state index contributed by atoms with van der Waals surface area (Å²) in [7, 11) is 0. The Balaban J connectivity index is 2.05. The minimum atomic E-state index is -4.45. The van der Waals surface area contributed by atoms with Crippen molar-refractivity contribution in [2.75, 3.05) is 11.9 Å². The van der Waals surface area contributed by atoms with E-state index < -0.39 is 24.7 Å². The molecule has 0 aliphatic rings. The normalized spacial score (nSPS) is 12.2. The van der Waals surface area contributed by atoms with Gasteiger partial charge in [0.25, 0.3) is 5.91 Å². The van der Waals surface area contributed by atoms with Crippen LogP contribution < -0.4 is 15.4 Å². The molecule has 2 N–H and O–H groups in total. The number of amides is 2. The lowest BCUT2D eigenvalue weighted by Gasteiger charge is -2.16. The minimum absolute atomic E-state index is 0.116. The fourth-order valence-corrected chi connectivity index (χ4v) is 2.36. The van der Waals surface area contributed by atoms with Crippen molar-refractivity contribution in [2.24, 2.45) is 0 Å². The third-order valence-corrected chi connectivity index (χ3v) is 3.88. The molecule has 156 valence electrons. The molecule has 0 saturated heterocycles. The largest absolute Gasteiger partial charge is 0.468 e. The van der Waals surface area contributed by atoms with Crippen molar-refractivity contribution >= 4 is 17.6 Å². The molecule has 2 aromatic heterocycles. The predicted molar refractivity (Wildman–Crippen MR) is 99.6 cm³/mol. The second-order valence-corrected chi connectivity index (χ2v) is 6.32. The molecular weight excluding hydrogens is 389 g/mol. The van der Waals surface area contributed by atoms with E-state index in [0.717, 1.165) is 0 Å². The number of anilines is 1. The van der Waals surface area contributed by atoms with E-state index in [-0.39, 0.29) is 24.0 Å². The van der Waals surface area contributed by atoms with Crippen LogP contribution in [-0.2, 0) is 4.79 Å². The fraction of sp³-hybridized carbons (Fsp3) is 0.368. The molecule has 0 bridgehead atoms. The van der Waals surface area contributed by atoms with Crippen molar-refractivity contribution < 1.29 is 27.5 Å². The zero-order valence-electron chi connectivity index (χ0n) is 16.1. The molecule has 7 nitrogen and oxygen atoms in total. The van der Waals surface area contributed by atoms with E-state index >= 15 is 0 Å². The van der Waals surface area contributed by atoms with Gasteiger partial charge >= 0.3 is 6.18 Å². The highest BCUT2D eigenvalue weighted by molar-refractivity contribution is 5.96. The first-order valence-electron chi connectivity index (χ1n) is 8.82. The highest BCUT2D eigenvalue weighted by Crippen LogP contribution is 2.23. The van der Waals surface area contributed by atoms with Gasteiger partial charge in [0.2, 0.25) is 11.8 Å². The lowest BCUT2D eigenvalue weighted by atomic mass is 10.1. The Morgan fingerprint density at radius 1 is 1.24 bits per heavy atom. The lowest BCUT2D eigenvalue weighted by molar-refractivity contribution is -0.154. The molecule has 0 spiro atoms. The Hall–Kier alpha value is -3.17. The van der Waals surface area contributed by atoms with Crippen LogP contribution in [0.5, 0.6) is 5.88 Å². The van der Waals surface area contributed by atoms with Gasteiger partial charge in [0.05, 0.1) is 6.04 Å². The van der Waals surface area contributed by atoms with E-state index in [0.29, 0.717) is 16.7 Å². The van der Waals surface area contributed by atoms with Crippen molar-refractivity contribution in [3.63, 3.8) is 0 Å². The minimum Gasteiger partial charge on any atom is -0.468 e. The number of carbonyl (C=O) groups is 2. The number of aromatic nitrogens is 2. The Bertz CT molecular complexity index is 887. The number of rotatable bonds is 7. The molecule has 10 heteroatoms. The zero-order valence-corrected chi connectivity index (χ0v) is 16.1. The Morgan fingerprint density at radius 2 is 1.97 bits per heavy atom. The van der Waals surface area contributed by atoms with Crippen molar-refractivity contribution in [2.45, 2.75) is 39.4 Å². The average molecular weight is 410 g/mol. The number of halogens is 3. The molecule has 0 aromatic carbocycles. The van der Waals surface area contributed by atoms with Crippen LogP contribution in [0.4, 0.5) is 19.0 Å². The van der Waals surface area contributed by atoms with Gasteiger partial charge in [-0.15, -0.1) is 0 Å². The Labute approximate surface area is 165 Å². The zero-order chi connectivity index (χ0) is 21.6. The molecule has 1 unspecified atom stereocenters. The van der Waals surface area contributed by atoms with Gasteiger partial charge in [-0.25, -0.2) is 9.97 Å². The molecular formula is C19H21F3N4O3. The Kier molecular flexibility index (Phi) is 7.13. The molecule has 29 heavy (non-hydrogen) atoms. The van der Waals surface area contributed by atoms with Crippen LogP contribution in [0.3, 0.4) is 0 Å². The lowest BCUT2D eigenvalue weighted by Crippen LogP contribution is -2.27. The summed E-state index contributed by atoms with van der Waals surface area (Å²) < 4.78 is 41.5. The van der Waals surface area contributed by atoms with Crippen LogP contribution in [0, 0.1) is 6.92 Å². The second kappa shape index (κ2) is 9.35. The average Bonchev–Trinajstić information content (AvgIpc) is 2.66. The summed E-state index contributed by atoms with van der Waals surface area (Å²) in [6.45, 7) is 3.56. The first-order chi connectivity index (χ1) is 13.6. The topological polar surface area (TPSA) is 93.2 Å². The summed E-state index contributed by atoms with van der Waals surface area (Å²) in [5.74, 6) is -0.476. The smallest absolute Gasteiger partial charge is 0.422 e. The molecule has 2 aromatic rings. The van der Waals surface area contributed by atoms with Crippen LogP contribution >= 0.6 is 0 Å². The number of hydrogen-bond acceptors (Lipinski definition) is 5. The van der Waals surface area contributed by atoms with Gasteiger partial charge in [0, 0.05) is 29.9 Å². The molecule has 2 rings (SSSR count). The number of nitrogens with zero attached hydrogens (tertiary/aromatic N) is 2. The first-order valence-corrected chi connectivity index (χ1v) is 8.82. The highest BCUT2D eigenvalue weighted by atomic mass is 19.4. The summed E-state index contributed by atoms with van der Waals surface area (Å²) in [4.78, 5) is 31.8. The predicted octanol–water partition coefficient (Wildman–Crippen LogP) is 3.57. The van der Waals surface area contributed by atoms with Crippen LogP contribution in [0.1, 0.15) is 47.8 Å². The van der Waals surface area contributed by atoms with Crippen molar-refractivity contribution in [3.05, 3.63) is 47.3 Å². The third kappa shape index (κ3) is 6.74. The number of nitrogens with one attached hydrogen (secondary N) is 2. The van der Waals surface area contributed by atoms with Crippen molar-refractivity contribution in [1.29, 1.82) is 0 Å². The van der Waals surface area contributed by atoms with Crippen LogP contribution in [-0.4, -0.2) is 34.6 Å². The quantitative estimate of drug-likeness (QED) is 0.728. The standard InChI is InChI=1S/C19H21F3N4O3/c1-4-16(27)26-15-8-13(5-6-23-15)17(28)25-12(3)14-7-11(2)18(24-9-14)29-10-19(20,21)22/h5-9,12H,4,10H2,1-3H3,(H,25,28)(H,23,26,27). The molecule has 0 radical (unpaired) electrons. The van der Waals surface area contributed by atoms with E-state index in [1.54, 1.807) is 26.8 Å². The summed E-state index contributed by atoms with van der Waals surface area (Å²) in [5, 5.41) is 5.34. The van der Waals surface area contributed by atoms with E-state index in [1.165, 1.54) is 24.5 Å². The maximum absolute atomic E-state index is 12.5. The molecule has 0 aliphatic heterocycles. The van der Waals surface area contributed by atoms with Gasteiger partial charge in [-0.05, 0) is 37.6 Å². The summed E-state index contributed by atoms with van der Waals surface area (Å²) in [6, 6.07) is 4.09. The fourth-order valence-electron chi connectivity index (χ4n) is 2.36. The maximum Gasteiger partial charge on any atom is 0.422 e. The van der Waals surface area contributed by atoms with Crippen LogP contribution in [0.25, 0.3) is 0 Å². The molecule has 0 aliphatic carbocycles. The summed E-state index contributed by atoms with van der Waals surface area (Å²) in [5.41, 5.74) is 1.32. The van der Waals surface area contributed by atoms with Gasteiger partial charge in [-0.3, -0.25) is 9.59 Å². The molecule has 2 amide bonds. The van der Waals surface area contributed by atoms with E-state index in [4.69, 9.17) is 0 Å². The second-order valence-electron chi connectivity index (χ2n) is 6.32. The van der Waals surface area contributed by atoms with Crippen LogP contribution in [0.2, 0.25) is 0 Å². The first kappa shape index (κ1) is 22.1. The van der Waals surface area contributed by atoms with E-state index in [1.807, 2.05) is 0 Å². The molecule has 2 heterocycles. The molecule has 0 fully saturated rings. The number of hydrogen-bond donors (Lipinski definition) is 2.